The summed E-state index contributed by atoms with van der Waals surface area (Å²) in [6.07, 6.45) is 8.20. The van der Waals surface area contributed by atoms with Crippen LogP contribution in [0.5, 0.6) is 0 Å². The first kappa shape index (κ1) is 29.7. The lowest BCUT2D eigenvalue weighted by Crippen LogP contribution is -2.50. The molecular formula is C32H42F2N6O3. The molecule has 3 saturated heterocycles. The number of hydrogen-bond acceptors (Lipinski definition) is 5. The highest BCUT2D eigenvalue weighted by Crippen LogP contribution is 2.47. The molecule has 1 spiro atoms. The van der Waals surface area contributed by atoms with E-state index in [0.29, 0.717) is 29.1 Å². The van der Waals surface area contributed by atoms with Crippen LogP contribution in [0.3, 0.4) is 0 Å². The van der Waals surface area contributed by atoms with Crippen LogP contribution in [0.1, 0.15) is 91.9 Å². The van der Waals surface area contributed by atoms with Crippen LogP contribution in [0.2, 0.25) is 0 Å². The van der Waals surface area contributed by atoms with Crippen molar-refractivity contribution in [2.75, 3.05) is 44.2 Å². The molecule has 0 unspecified atom stereocenters. The molecule has 4 aliphatic rings. The molecule has 1 saturated carbocycles. The lowest BCUT2D eigenvalue weighted by atomic mass is 9.65. The number of carbonyl (C=O) groups is 3. The average molecular weight is 597 g/mol. The quantitative estimate of drug-likeness (QED) is 0.487. The van der Waals surface area contributed by atoms with Gasteiger partial charge in [-0.3, -0.25) is 24.5 Å². The van der Waals surface area contributed by atoms with Crippen LogP contribution in [-0.4, -0.2) is 76.7 Å². The van der Waals surface area contributed by atoms with Gasteiger partial charge in [-0.2, -0.15) is 5.10 Å². The molecule has 11 heteroatoms. The van der Waals surface area contributed by atoms with Crippen molar-refractivity contribution >= 4 is 23.5 Å². The average Bonchev–Trinajstić information content (AvgIpc) is 3.51. The molecule has 0 bridgehead atoms. The van der Waals surface area contributed by atoms with Crippen LogP contribution in [0, 0.1) is 18.3 Å². The molecule has 1 N–H and O–H groups in total. The summed E-state index contributed by atoms with van der Waals surface area (Å²) in [6, 6.07) is 6.69. The maximum atomic E-state index is 13.5. The number of hydrogen-bond donors (Lipinski definition) is 1. The van der Waals surface area contributed by atoms with Crippen molar-refractivity contribution in [3.63, 3.8) is 0 Å². The van der Waals surface area contributed by atoms with Crippen LogP contribution in [0.25, 0.3) is 0 Å². The molecule has 1 aliphatic carbocycles. The third-order valence-corrected chi connectivity index (χ3v) is 10.4. The Balaban J connectivity index is 0.964. The lowest BCUT2D eigenvalue weighted by Gasteiger charge is -2.47. The van der Waals surface area contributed by atoms with Gasteiger partial charge in [0.2, 0.25) is 5.91 Å². The van der Waals surface area contributed by atoms with E-state index < -0.39 is 12.5 Å². The Bertz CT molecular complexity index is 1340. The second-order valence-corrected chi connectivity index (χ2v) is 13.0. The van der Waals surface area contributed by atoms with Gasteiger partial charge < -0.3 is 9.80 Å². The Hall–Kier alpha value is -3.34. The summed E-state index contributed by atoms with van der Waals surface area (Å²) < 4.78 is 27.5. The number of piperidine rings is 2. The predicted octanol–water partition coefficient (Wildman–Crippen LogP) is 5.33. The number of alkyl halides is 2. The van der Waals surface area contributed by atoms with Crippen molar-refractivity contribution in [3.8, 4) is 0 Å². The summed E-state index contributed by atoms with van der Waals surface area (Å²) in [4.78, 5) is 43.5. The largest absolute Gasteiger partial charge is 0.339 e. The number of halogens is 2. The van der Waals surface area contributed by atoms with Gasteiger partial charge in [0.15, 0.2) is 0 Å². The SMILES string of the molecule is Cc1ccc(C(=O)N2CCC3(CCC(CN4CCC(n5ccc(C(F)F)n5)CC4)CC3)CC2)cc1N1CCC(=O)NC1=O. The first-order valence-corrected chi connectivity index (χ1v) is 15.8. The van der Waals surface area contributed by atoms with E-state index in [-0.39, 0.29) is 30.0 Å². The molecule has 43 heavy (non-hydrogen) atoms. The summed E-state index contributed by atoms with van der Waals surface area (Å²) in [7, 11) is 0. The number of imide groups is 1. The van der Waals surface area contributed by atoms with Gasteiger partial charge in [0.1, 0.15) is 5.69 Å². The number of carbonyl (C=O) groups excluding carboxylic acids is 3. The third kappa shape index (κ3) is 6.46. The highest BCUT2D eigenvalue weighted by molar-refractivity contribution is 6.06. The number of anilines is 1. The number of rotatable bonds is 6. The molecule has 1 aromatic carbocycles. The maximum Gasteiger partial charge on any atom is 0.328 e. The second kappa shape index (κ2) is 12.3. The summed E-state index contributed by atoms with van der Waals surface area (Å²) >= 11 is 0. The zero-order chi connectivity index (χ0) is 30.1. The number of urea groups is 1. The number of aromatic nitrogens is 2. The van der Waals surface area contributed by atoms with Crippen molar-refractivity contribution in [1.29, 1.82) is 0 Å². The number of likely N-dealkylation sites (tertiary alicyclic amines) is 2. The smallest absolute Gasteiger partial charge is 0.328 e. The van der Waals surface area contributed by atoms with Crippen molar-refractivity contribution in [2.24, 2.45) is 11.3 Å². The molecule has 9 nitrogen and oxygen atoms in total. The summed E-state index contributed by atoms with van der Waals surface area (Å²) in [5, 5.41) is 6.45. The molecule has 4 heterocycles. The standard InChI is InChI=1S/C32H42F2N6O3/c1-22-2-3-24(20-27(22)39-16-9-28(41)35-31(39)43)30(42)38-18-12-32(13-19-38)10-4-23(5-11-32)21-37-14-6-25(7-15-37)40-17-8-26(36-40)29(33)34/h2-3,8,17,20,23,25,29H,4-7,9-16,18-19,21H2,1H3,(H,35,41,43). The van der Waals surface area contributed by atoms with E-state index in [9.17, 15) is 23.2 Å². The van der Waals surface area contributed by atoms with E-state index in [1.54, 1.807) is 21.8 Å². The summed E-state index contributed by atoms with van der Waals surface area (Å²) in [6.45, 7) is 6.78. The van der Waals surface area contributed by atoms with E-state index >= 15 is 0 Å². The third-order valence-electron chi connectivity index (χ3n) is 10.4. The molecule has 4 amide bonds. The molecule has 4 fully saturated rings. The van der Waals surface area contributed by atoms with Gasteiger partial charge in [0.25, 0.3) is 12.3 Å². The number of nitrogens with zero attached hydrogens (tertiary/aromatic N) is 5. The minimum absolute atomic E-state index is 0.00206. The Morgan fingerprint density at radius 1 is 1.00 bits per heavy atom. The van der Waals surface area contributed by atoms with Crippen LogP contribution >= 0.6 is 0 Å². The van der Waals surface area contributed by atoms with E-state index in [4.69, 9.17) is 0 Å². The van der Waals surface area contributed by atoms with E-state index in [2.05, 4.69) is 15.3 Å². The van der Waals surface area contributed by atoms with Crippen molar-refractivity contribution < 1.29 is 23.2 Å². The second-order valence-electron chi connectivity index (χ2n) is 13.0. The Morgan fingerprint density at radius 2 is 1.72 bits per heavy atom. The number of benzene rings is 1. The first-order valence-electron chi connectivity index (χ1n) is 15.8. The Labute approximate surface area is 251 Å². The monoisotopic (exact) mass is 596 g/mol. The molecule has 0 atom stereocenters. The van der Waals surface area contributed by atoms with Crippen molar-refractivity contribution in [2.45, 2.75) is 77.2 Å². The Kier molecular flexibility index (Phi) is 8.53. The summed E-state index contributed by atoms with van der Waals surface area (Å²) in [5.41, 5.74) is 2.33. The normalized spacial score (nSPS) is 22.4. The molecule has 2 aromatic rings. The number of nitrogens with one attached hydrogen (secondary N) is 1. The van der Waals surface area contributed by atoms with E-state index in [1.807, 2.05) is 24.0 Å². The van der Waals surface area contributed by atoms with Crippen LogP contribution in [0.4, 0.5) is 19.3 Å². The molecule has 232 valence electrons. The minimum Gasteiger partial charge on any atom is -0.339 e. The number of aryl methyl sites for hydroxylation is 1. The van der Waals surface area contributed by atoms with E-state index in [0.717, 1.165) is 64.0 Å². The van der Waals surface area contributed by atoms with E-state index in [1.165, 1.54) is 31.7 Å². The van der Waals surface area contributed by atoms with Gasteiger partial charge in [0.05, 0.1) is 6.04 Å². The van der Waals surface area contributed by atoms with Gasteiger partial charge in [-0.05, 0) is 93.4 Å². The fourth-order valence-electron chi connectivity index (χ4n) is 7.57. The molecule has 6 rings (SSSR count). The summed E-state index contributed by atoms with van der Waals surface area (Å²) in [5.74, 6) is 0.412. The van der Waals surface area contributed by atoms with Gasteiger partial charge >= 0.3 is 6.03 Å². The topological polar surface area (TPSA) is 90.8 Å². The van der Waals surface area contributed by atoms with Crippen LogP contribution in [-0.2, 0) is 4.79 Å². The van der Waals surface area contributed by atoms with Crippen LogP contribution < -0.4 is 10.2 Å². The fourth-order valence-corrected chi connectivity index (χ4v) is 7.57. The highest BCUT2D eigenvalue weighted by atomic mass is 19.3. The first-order chi connectivity index (χ1) is 20.7. The molecular weight excluding hydrogens is 554 g/mol. The Morgan fingerprint density at radius 3 is 2.37 bits per heavy atom. The zero-order valence-corrected chi connectivity index (χ0v) is 24.9. The molecule has 0 radical (unpaired) electrons. The fraction of sp³-hybridized carbons (Fsp3) is 0.625. The van der Waals surface area contributed by atoms with Gasteiger partial charge in [-0.15, -0.1) is 0 Å². The highest BCUT2D eigenvalue weighted by Gasteiger charge is 2.40. The van der Waals surface area contributed by atoms with Crippen molar-refractivity contribution in [1.82, 2.24) is 24.9 Å². The molecule has 3 aliphatic heterocycles. The lowest BCUT2D eigenvalue weighted by molar-refractivity contribution is -0.120. The zero-order valence-electron chi connectivity index (χ0n) is 24.9. The van der Waals surface area contributed by atoms with Gasteiger partial charge in [-0.25, -0.2) is 13.6 Å². The van der Waals surface area contributed by atoms with Crippen molar-refractivity contribution in [3.05, 3.63) is 47.3 Å². The molecule has 1 aromatic heterocycles. The van der Waals surface area contributed by atoms with Crippen LogP contribution in [0.15, 0.2) is 30.5 Å². The minimum atomic E-state index is -2.52. The van der Waals surface area contributed by atoms with Gasteiger partial charge in [0, 0.05) is 63.1 Å². The van der Waals surface area contributed by atoms with Gasteiger partial charge in [-0.1, -0.05) is 6.07 Å². The number of amides is 4. The predicted molar refractivity (Wildman–Crippen MR) is 158 cm³/mol. The maximum absolute atomic E-state index is 13.5.